The minimum Gasteiger partial charge on any atom is -0.269 e. The number of aryl methyl sites for hydroxylation is 2. The lowest BCUT2D eigenvalue weighted by molar-refractivity contribution is 0.531. The van der Waals surface area contributed by atoms with Crippen molar-refractivity contribution in [2.45, 2.75) is 31.7 Å². The summed E-state index contributed by atoms with van der Waals surface area (Å²) >= 11 is 0. The molecule has 0 saturated carbocycles. The summed E-state index contributed by atoms with van der Waals surface area (Å²) in [6.07, 6.45) is 2.85. The molecule has 0 fully saturated rings. The van der Waals surface area contributed by atoms with E-state index in [1.54, 1.807) is 24.7 Å². The van der Waals surface area contributed by atoms with Crippen LogP contribution in [0.4, 0.5) is 5.82 Å². The van der Waals surface area contributed by atoms with Crippen LogP contribution in [-0.2, 0) is 17.1 Å². The molecule has 0 amide bonds. The van der Waals surface area contributed by atoms with Gasteiger partial charge >= 0.3 is 0 Å². The van der Waals surface area contributed by atoms with E-state index in [0.29, 0.717) is 5.82 Å². The van der Waals surface area contributed by atoms with E-state index in [1.165, 1.54) is 17.1 Å². The summed E-state index contributed by atoms with van der Waals surface area (Å²) in [6.45, 7) is 5.66. The normalized spacial score (nSPS) is 12.1. The Morgan fingerprint density at radius 2 is 2.05 bits per heavy atom. The molecular formula is C11H17N5O2S. The highest BCUT2D eigenvalue weighted by Gasteiger charge is 2.19. The van der Waals surface area contributed by atoms with E-state index in [2.05, 4.69) is 14.9 Å². The quantitative estimate of drug-likeness (QED) is 0.917. The molecule has 7 nitrogen and oxygen atoms in total. The van der Waals surface area contributed by atoms with Crippen molar-refractivity contribution in [2.24, 2.45) is 7.05 Å². The van der Waals surface area contributed by atoms with Crippen LogP contribution in [0.25, 0.3) is 0 Å². The van der Waals surface area contributed by atoms with Gasteiger partial charge in [-0.1, -0.05) is 0 Å². The Balaban J connectivity index is 2.29. The summed E-state index contributed by atoms with van der Waals surface area (Å²) in [5.74, 6) is 0.426. The molecule has 8 heteroatoms. The molecule has 0 aromatic carbocycles. The highest BCUT2D eigenvalue weighted by Crippen LogP contribution is 2.17. The number of rotatable bonds is 4. The molecule has 104 valence electrons. The number of hydrogen-bond donors (Lipinski definition) is 1. The van der Waals surface area contributed by atoms with Gasteiger partial charge in [-0.15, -0.1) is 0 Å². The highest BCUT2D eigenvalue weighted by molar-refractivity contribution is 7.92. The lowest BCUT2D eigenvalue weighted by Gasteiger charge is -2.06. The summed E-state index contributed by atoms with van der Waals surface area (Å²) in [7, 11) is -1.95. The Hall–Kier alpha value is -1.83. The molecule has 2 rings (SSSR count). The first-order valence-electron chi connectivity index (χ1n) is 5.87. The largest absolute Gasteiger partial charge is 0.269 e. The van der Waals surface area contributed by atoms with Crippen molar-refractivity contribution in [2.75, 3.05) is 4.72 Å². The zero-order valence-electron chi connectivity index (χ0n) is 11.3. The number of aromatic nitrogens is 4. The van der Waals surface area contributed by atoms with Crippen LogP contribution in [0.3, 0.4) is 0 Å². The fraction of sp³-hybridized carbons (Fsp3) is 0.455. The van der Waals surface area contributed by atoms with Crippen molar-refractivity contribution < 1.29 is 8.42 Å². The number of hydrogen-bond acceptors (Lipinski definition) is 4. The first-order chi connectivity index (χ1) is 8.79. The smallest absolute Gasteiger partial charge is 0.266 e. The predicted molar refractivity (Wildman–Crippen MR) is 71.4 cm³/mol. The van der Waals surface area contributed by atoms with Crippen LogP contribution in [0.1, 0.15) is 25.6 Å². The summed E-state index contributed by atoms with van der Waals surface area (Å²) in [4.78, 5) is 0.139. The van der Waals surface area contributed by atoms with E-state index < -0.39 is 10.0 Å². The van der Waals surface area contributed by atoms with Crippen LogP contribution < -0.4 is 4.72 Å². The van der Waals surface area contributed by atoms with E-state index in [9.17, 15) is 8.42 Å². The second-order valence-corrected chi connectivity index (χ2v) is 6.33. The zero-order valence-corrected chi connectivity index (χ0v) is 12.1. The second kappa shape index (κ2) is 4.69. The average Bonchev–Trinajstić information content (AvgIpc) is 2.86. The average molecular weight is 283 g/mol. The van der Waals surface area contributed by atoms with Crippen molar-refractivity contribution in [3.05, 3.63) is 24.2 Å². The molecule has 2 aromatic heterocycles. The maximum atomic E-state index is 12.2. The fourth-order valence-corrected chi connectivity index (χ4v) is 2.66. The van der Waals surface area contributed by atoms with Crippen LogP contribution in [0, 0.1) is 6.92 Å². The molecule has 2 aromatic rings. The zero-order chi connectivity index (χ0) is 14.2. The van der Waals surface area contributed by atoms with E-state index in [1.807, 2.05) is 13.8 Å². The lowest BCUT2D eigenvalue weighted by atomic mass is 10.4. The third-order valence-electron chi connectivity index (χ3n) is 2.66. The molecule has 2 heterocycles. The SMILES string of the molecule is Cc1cc(NS(=O)(=O)c2cnn(C(C)C)c2)n(C)n1. The van der Waals surface area contributed by atoms with Gasteiger partial charge in [-0.25, -0.2) is 8.42 Å². The number of nitrogens with one attached hydrogen (secondary N) is 1. The summed E-state index contributed by atoms with van der Waals surface area (Å²) in [6, 6.07) is 1.78. The Bertz CT molecular complexity index is 684. The molecule has 0 bridgehead atoms. The molecule has 0 unspecified atom stereocenters. The molecule has 0 aliphatic heterocycles. The molecule has 0 aliphatic rings. The van der Waals surface area contributed by atoms with Gasteiger partial charge in [0.05, 0.1) is 11.9 Å². The maximum absolute atomic E-state index is 12.2. The Morgan fingerprint density at radius 1 is 1.37 bits per heavy atom. The summed E-state index contributed by atoms with van der Waals surface area (Å²) < 4.78 is 30.0. The van der Waals surface area contributed by atoms with E-state index in [-0.39, 0.29) is 10.9 Å². The van der Waals surface area contributed by atoms with Gasteiger partial charge in [0.2, 0.25) is 0 Å². The molecular weight excluding hydrogens is 266 g/mol. The Morgan fingerprint density at radius 3 is 2.53 bits per heavy atom. The molecule has 0 radical (unpaired) electrons. The third kappa shape index (κ3) is 2.78. The standard InChI is InChI=1S/C11H17N5O2S/c1-8(2)16-7-10(6-12-16)19(17,18)14-11-5-9(3)13-15(11)4/h5-8,14H,1-4H3. The van der Waals surface area contributed by atoms with E-state index >= 15 is 0 Å². The van der Waals surface area contributed by atoms with Gasteiger partial charge < -0.3 is 0 Å². The van der Waals surface area contributed by atoms with Crippen molar-refractivity contribution in [3.8, 4) is 0 Å². The van der Waals surface area contributed by atoms with Gasteiger partial charge in [0.1, 0.15) is 10.7 Å². The topological polar surface area (TPSA) is 81.8 Å². The van der Waals surface area contributed by atoms with Crippen LogP contribution >= 0.6 is 0 Å². The van der Waals surface area contributed by atoms with Crippen LogP contribution in [0.5, 0.6) is 0 Å². The molecule has 0 spiro atoms. The van der Waals surface area contributed by atoms with Crippen molar-refractivity contribution in [1.82, 2.24) is 19.6 Å². The maximum Gasteiger partial charge on any atom is 0.266 e. The first-order valence-corrected chi connectivity index (χ1v) is 7.35. The molecule has 0 atom stereocenters. The molecule has 19 heavy (non-hydrogen) atoms. The molecule has 0 saturated heterocycles. The van der Waals surface area contributed by atoms with E-state index in [4.69, 9.17) is 0 Å². The summed E-state index contributed by atoms with van der Waals surface area (Å²) in [5, 5.41) is 8.12. The summed E-state index contributed by atoms with van der Waals surface area (Å²) in [5.41, 5.74) is 0.748. The van der Waals surface area contributed by atoms with Gasteiger partial charge in [-0.2, -0.15) is 10.2 Å². The highest BCUT2D eigenvalue weighted by atomic mass is 32.2. The predicted octanol–water partition coefficient (Wildman–Crippen LogP) is 1.31. The monoisotopic (exact) mass is 283 g/mol. The minimum absolute atomic E-state index is 0.114. The second-order valence-electron chi connectivity index (χ2n) is 4.65. The first kappa shape index (κ1) is 13.6. The van der Waals surface area contributed by atoms with E-state index in [0.717, 1.165) is 5.69 Å². The van der Waals surface area contributed by atoms with Crippen molar-refractivity contribution >= 4 is 15.8 Å². The Kier molecular flexibility index (Phi) is 3.36. The fourth-order valence-electron chi connectivity index (χ4n) is 1.64. The van der Waals surface area contributed by atoms with Crippen LogP contribution in [-0.4, -0.2) is 28.0 Å². The van der Waals surface area contributed by atoms with Crippen molar-refractivity contribution in [3.63, 3.8) is 0 Å². The number of anilines is 1. The molecule has 1 N–H and O–H groups in total. The van der Waals surface area contributed by atoms with Gasteiger partial charge in [-0.05, 0) is 20.8 Å². The van der Waals surface area contributed by atoms with Crippen molar-refractivity contribution in [1.29, 1.82) is 0 Å². The third-order valence-corrected chi connectivity index (χ3v) is 3.97. The number of sulfonamides is 1. The van der Waals surface area contributed by atoms with Crippen LogP contribution in [0.2, 0.25) is 0 Å². The molecule has 0 aliphatic carbocycles. The van der Waals surface area contributed by atoms with Gasteiger partial charge in [0.25, 0.3) is 10.0 Å². The van der Waals surface area contributed by atoms with Gasteiger partial charge in [-0.3, -0.25) is 14.1 Å². The van der Waals surface area contributed by atoms with Gasteiger partial charge in [0, 0.05) is 25.4 Å². The van der Waals surface area contributed by atoms with Crippen LogP contribution in [0.15, 0.2) is 23.4 Å². The Labute approximate surface area is 112 Å². The number of nitrogens with zero attached hydrogens (tertiary/aromatic N) is 4. The lowest BCUT2D eigenvalue weighted by Crippen LogP contribution is -2.15. The minimum atomic E-state index is -3.63. The van der Waals surface area contributed by atoms with Gasteiger partial charge in [0.15, 0.2) is 0 Å².